The van der Waals surface area contributed by atoms with Gasteiger partial charge in [-0.15, -0.1) is 0 Å². The van der Waals surface area contributed by atoms with Crippen molar-refractivity contribution in [2.45, 2.75) is 129 Å². The second-order valence-electron chi connectivity index (χ2n) is 12.9. The Hall–Kier alpha value is -2.36. The van der Waals surface area contributed by atoms with E-state index in [1.165, 1.54) is 20.8 Å². The molecule has 1 aliphatic carbocycles. The topological polar surface area (TPSA) is 161 Å². The first-order valence-electron chi connectivity index (χ1n) is 15.4. The zero-order chi connectivity index (χ0) is 32.0. The number of ether oxygens (including phenoxy) is 8. The van der Waals surface area contributed by atoms with E-state index in [1.807, 2.05) is 13.8 Å². The summed E-state index contributed by atoms with van der Waals surface area (Å²) in [5, 5.41) is 0. The average molecular weight is 629 g/mol. The first kappa shape index (κ1) is 33.0. The highest BCUT2D eigenvalue weighted by molar-refractivity contribution is 5.71. The van der Waals surface area contributed by atoms with Gasteiger partial charge in [0.05, 0.1) is 6.10 Å². The molecule has 0 unspecified atom stereocenters. The van der Waals surface area contributed by atoms with E-state index < -0.39 is 85.0 Å². The molecule has 0 amide bonds. The molecule has 6 rings (SSSR count). The number of fused-ring (bicyclic) bond motifs is 2. The van der Waals surface area contributed by atoms with Crippen LogP contribution in [0.1, 0.15) is 74.1 Å². The van der Waals surface area contributed by atoms with Crippen molar-refractivity contribution in [2.75, 3.05) is 13.2 Å². The predicted octanol–water partition coefficient (Wildman–Crippen LogP) is 2.34. The molecule has 0 aromatic rings. The molecule has 5 heterocycles. The number of carbonyl (C=O) groups is 4. The van der Waals surface area contributed by atoms with Gasteiger partial charge < -0.3 is 37.9 Å². The summed E-state index contributed by atoms with van der Waals surface area (Å²) in [7, 11) is 0. The van der Waals surface area contributed by atoms with Crippen molar-refractivity contribution in [3.8, 4) is 0 Å². The van der Waals surface area contributed by atoms with Crippen LogP contribution in [0.25, 0.3) is 0 Å². The quantitative estimate of drug-likeness (QED) is 0.219. The van der Waals surface area contributed by atoms with Crippen LogP contribution in [0.4, 0.5) is 0 Å². The Balaban J connectivity index is 1.23. The Kier molecular flexibility index (Phi) is 9.60. The van der Waals surface area contributed by atoms with Crippen LogP contribution in [-0.2, 0) is 66.8 Å². The van der Waals surface area contributed by atoms with Gasteiger partial charge in [-0.2, -0.15) is 0 Å². The molecule has 0 aromatic heterocycles. The van der Waals surface area contributed by atoms with E-state index >= 15 is 0 Å². The van der Waals surface area contributed by atoms with Gasteiger partial charge >= 0.3 is 23.9 Å². The van der Waals surface area contributed by atoms with Crippen LogP contribution in [0, 0.1) is 23.7 Å². The minimum absolute atomic E-state index is 0.0242. The van der Waals surface area contributed by atoms with Crippen LogP contribution < -0.4 is 0 Å². The molecule has 1 spiro atoms. The number of carbonyl (C=O) groups excluding carboxylic acids is 4. The Morgan fingerprint density at radius 1 is 0.795 bits per heavy atom. The molecule has 6 aliphatic rings. The van der Waals surface area contributed by atoms with Gasteiger partial charge in [0.25, 0.3) is 0 Å². The number of hydrogen-bond acceptors (Lipinski definition) is 14. The molecule has 14 nitrogen and oxygen atoms in total. The Morgan fingerprint density at radius 2 is 1.45 bits per heavy atom. The molecule has 6 fully saturated rings. The highest BCUT2D eigenvalue weighted by Crippen LogP contribution is 2.60. The largest absolute Gasteiger partial charge is 0.461 e. The third-order valence-electron chi connectivity index (χ3n) is 9.64. The molecule has 14 heteroatoms. The van der Waals surface area contributed by atoms with E-state index in [0.717, 1.165) is 19.3 Å². The van der Waals surface area contributed by atoms with Gasteiger partial charge in [0, 0.05) is 39.0 Å². The summed E-state index contributed by atoms with van der Waals surface area (Å²) < 4.78 is 46.1. The van der Waals surface area contributed by atoms with Gasteiger partial charge in [0.1, 0.15) is 19.3 Å². The first-order valence-corrected chi connectivity index (χ1v) is 15.4. The SMILES string of the molecule is CC(=O)O[C@@H]1[C@@H](OC(C)=O)[C@@H](C)O[C@H](COC(=O)CO[C@H]2O[C@@H]3O[C@@]4(C)CC[C@H]5[C@H](C)CC[C@@H]([C@H]2C)[C@@]35OO4)[C@@H]1OC(C)=O. The van der Waals surface area contributed by atoms with Gasteiger partial charge in [-0.05, 0) is 44.9 Å². The lowest BCUT2D eigenvalue weighted by atomic mass is 9.58. The summed E-state index contributed by atoms with van der Waals surface area (Å²) >= 11 is 0. The first-order chi connectivity index (χ1) is 20.7. The van der Waals surface area contributed by atoms with Crippen LogP contribution in [0.2, 0.25) is 0 Å². The van der Waals surface area contributed by atoms with Gasteiger partial charge in [-0.1, -0.05) is 13.8 Å². The summed E-state index contributed by atoms with van der Waals surface area (Å²) in [6, 6.07) is 0. The predicted molar refractivity (Wildman–Crippen MR) is 145 cm³/mol. The van der Waals surface area contributed by atoms with Crippen molar-refractivity contribution < 1.29 is 66.8 Å². The van der Waals surface area contributed by atoms with Crippen LogP contribution in [0.3, 0.4) is 0 Å². The molecule has 0 N–H and O–H groups in total. The summed E-state index contributed by atoms with van der Waals surface area (Å²) in [5.74, 6) is -3.15. The molecule has 0 radical (unpaired) electrons. The van der Waals surface area contributed by atoms with Crippen molar-refractivity contribution >= 4 is 23.9 Å². The van der Waals surface area contributed by atoms with E-state index in [1.54, 1.807) is 6.92 Å². The van der Waals surface area contributed by atoms with Crippen molar-refractivity contribution in [1.29, 1.82) is 0 Å². The minimum atomic E-state index is -1.21. The molecule has 1 saturated carbocycles. The van der Waals surface area contributed by atoms with Gasteiger partial charge in [0.15, 0.2) is 36.5 Å². The molecule has 44 heavy (non-hydrogen) atoms. The Labute approximate surface area is 256 Å². The lowest BCUT2D eigenvalue weighted by Gasteiger charge is -2.60. The Morgan fingerprint density at radius 3 is 2.14 bits per heavy atom. The van der Waals surface area contributed by atoms with Crippen LogP contribution >= 0.6 is 0 Å². The molecular weight excluding hydrogens is 584 g/mol. The van der Waals surface area contributed by atoms with E-state index in [2.05, 4.69) is 6.92 Å². The third kappa shape index (κ3) is 6.34. The summed E-state index contributed by atoms with van der Waals surface area (Å²) in [6.45, 7) is 10.5. The maximum atomic E-state index is 12.9. The van der Waals surface area contributed by atoms with E-state index in [0.29, 0.717) is 12.3 Å². The van der Waals surface area contributed by atoms with Gasteiger partial charge in [-0.3, -0.25) is 14.4 Å². The fraction of sp³-hybridized carbons (Fsp3) is 0.867. The highest BCUT2D eigenvalue weighted by Gasteiger charge is 2.69. The second-order valence-corrected chi connectivity index (χ2v) is 12.9. The molecule has 5 aliphatic heterocycles. The molecule has 13 atom stereocenters. The maximum Gasteiger partial charge on any atom is 0.332 e. The summed E-state index contributed by atoms with van der Waals surface area (Å²) in [4.78, 5) is 60.4. The standard InChI is InChI=1S/C30H44O14/c1-14-8-9-21-15(2)27(41-28-30(21)20(14)10-11-29(7,42-28)43-44-30)36-13-23(34)35-12-22-25(39-18(5)32)26(40-19(6)33)24(16(3)37-22)38-17(4)31/h14-16,20-22,24-28H,8-13H2,1-7H3/t14-,15-,16-,20+,21+,22-,24+,25+,26-,27+,28-,29-,30-/m1/s1. The smallest absolute Gasteiger partial charge is 0.332 e. The van der Waals surface area contributed by atoms with Crippen LogP contribution in [0.5, 0.6) is 0 Å². The van der Waals surface area contributed by atoms with Gasteiger partial charge in [-0.25, -0.2) is 14.6 Å². The minimum Gasteiger partial charge on any atom is -0.461 e. The van der Waals surface area contributed by atoms with Crippen LogP contribution in [-0.4, -0.2) is 91.6 Å². The highest BCUT2D eigenvalue weighted by atomic mass is 17.3. The fourth-order valence-electron chi connectivity index (χ4n) is 7.67. The van der Waals surface area contributed by atoms with E-state index in [9.17, 15) is 19.2 Å². The van der Waals surface area contributed by atoms with Gasteiger partial charge in [0.2, 0.25) is 5.79 Å². The Bertz CT molecular complexity index is 1110. The van der Waals surface area contributed by atoms with Crippen molar-refractivity contribution in [1.82, 2.24) is 0 Å². The zero-order valence-corrected chi connectivity index (χ0v) is 26.3. The van der Waals surface area contributed by atoms with Crippen molar-refractivity contribution in [3.63, 3.8) is 0 Å². The van der Waals surface area contributed by atoms with Crippen molar-refractivity contribution in [3.05, 3.63) is 0 Å². The number of esters is 4. The zero-order valence-electron chi connectivity index (χ0n) is 26.3. The normalized spacial score (nSPS) is 44.5. The lowest BCUT2D eigenvalue weighted by Crippen LogP contribution is -2.70. The molecule has 5 saturated heterocycles. The number of rotatable bonds is 8. The molecule has 0 aromatic carbocycles. The lowest BCUT2D eigenvalue weighted by molar-refractivity contribution is -0.577. The summed E-state index contributed by atoms with van der Waals surface area (Å²) in [5.41, 5.74) is -0.753. The second kappa shape index (κ2) is 12.8. The maximum absolute atomic E-state index is 12.9. The number of hydrogen-bond donors (Lipinski definition) is 0. The molecule has 2 bridgehead atoms. The van der Waals surface area contributed by atoms with E-state index in [4.69, 9.17) is 47.7 Å². The fourth-order valence-corrected chi connectivity index (χ4v) is 7.67. The monoisotopic (exact) mass is 628 g/mol. The molecular formula is C30H44O14. The van der Waals surface area contributed by atoms with Crippen molar-refractivity contribution in [2.24, 2.45) is 23.7 Å². The van der Waals surface area contributed by atoms with Crippen LogP contribution in [0.15, 0.2) is 0 Å². The van der Waals surface area contributed by atoms with E-state index in [-0.39, 0.29) is 24.4 Å². The molecule has 248 valence electrons. The summed E-state index contributed by atoms with van der Waals surface area (Å²) in [6.07, 6.45) is -3.24. The third-order valence-corrected chi connectivity index (χ3v) is 9.64. The average Bonchev–Trinajstić information content (AvgIpc) is 3.17.